The standard InChI is InChI=1S/C9H13N.C6H2Cl2O4/c1-10(2)8-9-6-4-3-5-7-9;7-1-3(9)5(11)2(8)6(12)4(1)10/h3-7H,8H2,1-2H3;9,12H. The van der Waals surface area contributed by atoms with E-state index >= 15 is 0 Å². The van der Waals surface area contributed by atoms with E-state index in [1.807, 2.05) is 6.07 Å². The number of carbonyl (C=O) groups is 2. The Balaban J connectivity index is 0.000000224. The molecule has 2 N–H and O–H groups in total. The molecule has 118 valence electrons. The van der Waals surface area contributed by atoms with E-state index in [9.17, 15) is 9.59 Å². The summed E-state index contributed by atoms with van der Waals surface area (Å²) in [5, 5.41) is 16.3. The summed E-state index contributed by atoms with van der Waals surface area (Å²) >= 11 is 10.4. The van der Waals surface area contributed by atoms with Gasteiger partial charge in [0.2, 0.25) is 11.6 Å². The van der Waals surface area contributed by atoms with Crippen molar-refractivity contribution in [3.05, 3.63) is 57.5 Å². The molecule has 0 heterocycles. The van der Waals surface area contributed by atoms with Crippen LogP contribution in [0.2, 0.25) is 0 Å². The number of hydrogen-bond acceptors (Lipinski definition) is 5. The van der Waals surface area contributed by atoms with Crippen LogP contribution in [0.5, 0.6) is 0 Å². The number of carbonyl (C=O) groups excluding carboxylic acids is 2. The zero-order chi connectivity index (χ0) is 16.9. The summed E-state index contributed by atoms with van der Waals surface area (Å²) in [5.41, 5.74) is 1.37. The molecule has 1 aliphatic carbocycles. The fraction of sp³-hybridized carbons (Fsp3) is 0.200. The molecular formula is C15H15Cl2NO4. The lowest BCUT2D eigenvalue weighted by molar-refractivity contribution is -0.119. The highest BCUT2D eigenvalue weighted by Crippen LogP contribution is 2.26. The smallest absolute Gasteiger partial charge is 0.244 e. The van der Waals surface area contributed by atoms with Gasteiger partial charge in [-0.2, -0.15) is 0 Å². The van der Waals surface area contributed by atoms with Gasteiger partial charge in [-0.15, -0.1) is 0 Å². The summed E-state index contributed by atoms with van der Waals surface area (Å²) in [6.07, 6.45) is 0. The maximum Gasteiger partial charge on any atom is 0.244 e. The Morgan fingerprint density at radius 2 is 1.32 bits per heavy atom. The Morgan fingerprint density at radius 1 is 0.909 bits per heavy atom. The van der Waals surface area contributed by atoms with Crippen LogP contribution in [0.1, 0.15) is 5.56 Å². The lowest BCUT2D eigenvalue weighted by Crippen LogP contribution is -2.19. The fourth-order valence-corrected chi connectivity index (χ4v) is 1.92. The lowest BCUT2D eigenvalue weighted by Gasteiger charge is -2.08. The van der Waals surface area contributed by atoms with Crippen molar-refractivity contribution in [2.75, 3.05) is 14.1 Å². The summed E-state index contributed by atoms with van der Waals surface area (Å²) in [7, 11) is 4.15. The fourth-order valence-electron chi connectivity index (χ4n) is 1.57. The highest BCUT2D eigenvalue weighted by molar-refractivity contribution is 6.55. The minimum absolute atomic E-state index is 0.720. The Labute approximate surface area is 138 Å². The highest BCUT2D eigenvalue weighted by atomic mass is 35.5. The number of nitrogens with zero attached hydrogens (tertiary/aromatic N) is 1. The predicted octanol–water partition coefficient (Wildman–Crippen LogP) is 2.90. The first-order valence-corrected chi connectivity index (χ1v) is 6.96. The molecule has 0 spiro atoms. The Morgan fingerprint density at radius 3 is 1.68 bits per heavy atom. The van der Waals surface area contributed by atoms with Crippen LogP contribution in [0, 0.1) is 0 Å². The summed E-state index contributed by atoms with van der Waals surface area (Å²) in [6.45, 7) is 1.03. The van der Waals surface area contributed by atoms with E-state index in [0.717, 1.165) is 6.54 Å². The van der Waals surface area contributed by atoms with Gasteiger partial charge >= 0.3 is 0 Å². The number of benzene rings is 1. The van der Waals surface area contributed by atoms with Crippen LogP contribution in [0.4, 0.5) is 0 Å². The van der Waals surface area contributed by atoms with E-state index in [0.29, 0.717) is 0 Å². The average Bonchev–Trinajstić information content (AvgIpc) is 2.50. The number of halogens is 2. The number of aliphatic hydroxyl groups excluding tert-OH is 2. The van der Waals surface area contributed by atoms with Gasteiger partial charge in [-0.05, 0) is 19.7 Å². The van der Waals surface area contributed by atoms with Gasteiger partial charge in [-0.1, -0.05) is 53.5 Å². The first-order chi connectivity index (χ1) is 10.3. The van der Waals surface area contributed by atoms with Crippen LogP contribution in [0.25, 0.3) is 0 Å². The first-order valence-electron chi connectivity index (χ1n) is 6.21. The van der Waals surface area contributed by atoms with Crippen molar-refractivity contribution < 1.29 is 19.8 Å². The molecule has 1 aromatic carbocycles. The molecule has 0 saturated carbocycles. The number of allylic oxidation sites excluding steroid dienone is 2. The minimum atomic E-state index is -1.06. The molecule has 0 saturated heterocycles. The third-order valence-electron chi connectivity index (χ3n) is 2.59. The molecule has 5 nitrogen and oxygen atoms in total. The van der Waals surface area contributed by atoms with Gasteiger partial charge in [-0.3, -0.25) is 9.59 Å². The largest absolute Gasteiger partial charge is 0.503 e. The topological polar surface area (TPSA) is 77.8 Å². The molecule has 0 amide bonds. The van der Waals surface area contributed by atoms with Crippen molar-refractivity contribution in [2.45, 2.75) is 6.54 Å². The van der Waals surface area contributed by atoms with Gasteiger partial charge in [0, 0.05) is 6.54 Å². The van der Waals surface area contributed by atoms with Crippen molar-refractivity contribution in [3.8, 4) is 0 Å². The molecule has 22 heavy (non-hydrogen) atoms. The number of hydrogen-bond donors (Lipinski definition) is 2. The van der Waals surface area contributed by atoms with E-state index in [2.05, 4.69) is 43.3 Å². The Kier molecular flexibility index (Phi) is 6.61. The van der Waals surface area contributed by atoms with Crippen LogP contribution in [-0.2, 0) is 16.1 Å². The van der Waals surface area contributed by atoms with E-state index < -0.39 is 33.1 Å². The van der Waals surface area contributed by atoms with Crippen LogP contribution in [0.15, 0.2) is 51.9 Å². The van der Waals surface area contributed by atoms with Crippen LogP contribution in [-0.4, -0.2) is 40.8 Å². The molecule has 1 aliphatic rings. The molecule has 0 atom stereocenters. The molecular weight excluding hydrogens is 329 g/mol. The number of rotatable bonds is 2. The number of aliphatic hydroxyl groups is 2. The zero-order valence-electron chi connectivity index (χ0n) is 12.0. The third kappa shape index (κ3) is 4.59. The normalized spacial score (nSPS) is 15.1. The van der Waals surface area contributed by atoms with E-state index in [4.69, 9.17) is 33.4 Å². The van der Waals surface area contributed by atoms with Crippen molar-refractivity contribution >= 4 is 34.8 Å². The SMILES string of the molecule is CN(C)Cc1ccccc1.O=C1C(O)=C(Cl)C(=O)C(O)=C1Cl. The summed E-state index contributed by atoms with van der Waals surface area (Å²) in [4.78, 5) is 23.8. The predicted molar refractivity (Wildman–Crippen MR) is 84.9 cm³/mol. The van der Waals surface area contributed by atoms with Crippen molar-refractivity contribution in [3.63, 3.8) is 0 Å². The van der Waals surface area contributed by atoms with E-state index in [1.54, 1.807) is 0 Å². The Bertz CT molecular complexity index is 574. The molecule has 0 aliphatic heterocycles. The molecule has 7 heteroatoms. The Hall–Kier alpha value is -1.82. The average molecular weight is 344 g/mol. The maximum absolute atomic E-state index is 10.8. The van der Waals surface area contributed by atoms with Gasteiger partial charge in [0.05, 0.1) is 0 Å². The molecule has 1 aromatic rings. The van der Waals surface area contributed by atoms with E-state index in [1.165, 1.54) is 5.56 Å². The maximum atomic E-state index is 10.8. The molecule has 2 rings (SSSR count). The number of Topliss-reactive ketones (excluding diaryl/α,β-unsaturated/α-hetero) is 2. The zero-order valence-corrected chi connectivity index (χ0v) is 13.5. The lowest BCUT2D eigenvalue weighted by atomic mass is 10.1. The molecule has 0 unspecified atom stereocenters. The molecule has 0 aromatic heterocycles. The third-order valence-corrected chi connectivity index (χ3v) is 3.29. The second kappa shape index (κ2) is 7.98. The molecule has 0 fully saturated rings. The van der Waals surface area contributed by atoms with Crippen molar-refractivity contribution in [1.82, 2.24) is 4.90 Å². The van der Waals surface area contributed by atoms with Crippen molar-refractivity contribution in [2.24, 2.45) is 0 Å². The monoisotopic (exact) mass is 343 g/mol. The number of ketones is 2. The summed E-state index contributed by atoms with van der Waals surface area (Å²) in [5.74, 6) is -3.99. The van der Waals surface area contributed by atoms with Gasteiger partial charge < -0.3 is 15.1 Å². The minimum Gasteiger partial charge on any atom is -0.503 e. The van der Waals surface area contributed by atoms with Crippen molar-refractivity contribution in [1.29, 1.82) is 0 Å². The summed E-state index contributed by atoms with van der Waals surface area (Å²) in [6, 6.07) is 10.5. The second-order valence-electron chi connectivity index (χ2n) is 4.71. The van der Waals surface area contributed by atoms with Crippen LogP contribution < -0.4 is 0 Å². The van der Waals surface area contributed by atoms with Gasteiger partial charge in [0.25, 0.3) is 0 Å². The van der Waals surface area contributed by atoms with Crippen LogP contribution >= 0.6 is 23.2 Å². The quantitative estimate of drug-likeness (QED) is 0.807. The van der Waals surface area contributed by atoms with Gasteiger partial charge in [-0.25, -0.2) is 0 Å². The molecule has 0 radical (unpaired) electrons. The summed E-state index contributed by atoms with van der Waals surface area (Å²) < 4.78 is 0. The highest BCUT2D eigenvalue weighted by Gasteiger charge is 2.32. The van der Waals surface area contributed by atoms with Gasteiger partial charge in [0.15, 0.2) is 11.5 Å². The first kappa shape index (κ1) is 18.2. The molecule has 0 bridgehead atoms. The second-order valence-corrected chi connectivity index (χ2v) is 5.46. The van der Waals surface area contributed by atoms with E-state index in [-0.39, 0.29) is 0 Å². The van der Waals surface area contributed by atoms with Crippen LogP contribution in [0.3, 0.4) is 0 Å². The van der Waals surface area contributed by atoms with Gasteiger partial charge in [0.1, 0.15) is 10.1 Å².